The van der Waals surface area contributed by atoms with Gasteiger partial charge in [-0.25, -0.2) is 4.98 Å². The normalized spacial score (nSPS) is 10.6. The molecule has 0 saturated heterocycles. The van der Waals surface area contributed by atoms with Gasteiger partial charge < -0.3 is 10.1 Å². The van der Waals surface area contributed by atoms with Crippen LogP contribution in [0.3, 0.4) is 0 Å². The highest BCUT2D eigenvalue weighted by Crippen LogP contribution is 2.33. The highest BCUT2D eigenvalue weighted by Gasteiger charge is 2.07. The number of hydrogen-bond donors (Lipinski definition) is 1. The third kappa shape index (κ3) is 4.10. The summed E-state index contributed by atoms with van der Waals surface area (Å²) in [6.07, 6.45) is 2.90. The molecule has 0 saturated carbocycles. The molecule has 1 aromatic carbocycles. The van der Waals surface area contributed by atoms with Gasteiger partial charge in [0.25, 0.3) is 0 Å². The van der Waals surface area contributed by atoms with E-state index in [9.17, 15) is 0 Å². The van der Waals surface area contributed by atoms with Crippen molar-refractivity contribution in [2.75, 3.05) is 6.54 Å². The van der Waals surface area contributed by atoms with E-state index in [0.717, 1.165) is 25.1 Å². The van der Waals surface area contributed by atoms with Gasteiger partial charge in [-0.3, -0.25) is 0 Å². The minimum Gasteiger partial charge on any atom is -0.437 e. The highest BCUT2D eigenvalue weighted by atomic mass is 35.5. The molecule has 0 radical (unpaired) electrons. The van der Waals surface area contributed by atoms with Gasteiger partial charge in [0.1, 0.15) is 10.8 Å². The summed E-state index contributed by atoms with van der Waals surface area (Å²) in [7, 11) is 0. The van der Waals surface area contributed by atoms with Crippen LogP contribution in [0.5, 0.6) is 11.6 Å². The average Bonchev–Trinajstić information content (AvgIpc) is 2.46. The number of nitrogens with zero attached hydrogens (tertiary/aromatic N) is 1. The highest BCUT2D eigenvalue weighted by molar-refractivity contribution is 6.42. The zero-order valence-corrected chi connectivity index (χ0v) is 12.7. The summed E-state index contributed by atoms with van der Waals surface area (Å²) in [6.45, 7) is 3.94. The lowest BCUT2D eigenvalue weighted by atomic mass is 10.3. The quantitative estimate of drug-likeness (QED) is 0.787. The predicted molar refractivity (Wildman–Crippen MR) is 82.8 cm³/mol. The van der Waals surface area contributed by atoms with Crippen LogP contribution >= 0.6 is 23.2 Å². The summed E-state index contributed by atoms with van der Waals surface area (Å²) < 4.78 is 5.62. The molecule has 0 aliphatic rings. The molecule has 0 unspecified atom stereocenters. The molecule has 0 aliphatic heterocycles. The van der Waals surface area contributed by atoms with Crippen LogP contribution in [0.1, 0.15) is 18.9 Å². The van der Waals surface area contributed by atoms with E-state index in [1.165, 1.54) is 0 Å². The van der Waals surface area contributed by atoms with E-state index in [4.69, 9.17) is 27.9 Å². The van der Waals surface area contributed by atoms with Crippen molar-refractivity contribution >= 4 is 23.2 Å². The molecule has 3 nitrogen and oxygen atoms in total. The Hall–Kier alpha value is -1.29. The van der Waals surface area contributed by atoms with Crippen molar-refractivity contribution in [3.8, 4) is 11.6 Å². The summed E-state index contributed by atoms with van der Waals surface area (Å²) in [6, 6.07) is 9.05. The Bertz CT molecular complexity index is 558. The molecule has 0 fully saturated rings. The van der Waals surface area contributed by atoms with Crippen LogP contribution < -0.4 is 10.1 Å². The number of benzene rings is 1. The number of nitrogens with one attached hydrogen (secondary N) is 1. The molecule has 106 valence electrons. The van der Waals surface area contributed by atoms with Crippen molar-refractivity contribution in [3.63, 3.8) is 0 Å². The van der Waals surface area contributed by atoms with E-state index in [-0.39, 0.29) is 0 Å². The van der Waals surface area contributed by atoms with Crippen molar-refractivity contribution in [3.05, 3.63) is 52.1 Å². The van der Waals surface area contributed by atoms with Gasteiger partial charge >= 0.3 is 0 Å². The van der Waals surface area contributed by atoms with Crippen molar-refractivity contribution in [1.82, 2.24) is 10.3 Å². The van der Waals surface area contributed by atoms with Gasteiger partial charge in [0.15, 0.2) is 0 Å². The topological polar surface area (TPSA) is 34.1 Å². The fourth-order valence-corrected chi connectivity index (χ4v) is 1.99. The van der Waals surface area contributed by atoms with Crippen LogP contribution in [0.4, 0.5) is 0 Å². The maximum absolute atomic E-state index is 6.06. The molecule has 1 heterocycles. The Morgan fingerprint density at radius 3 is 2.75 bits per heavy atom. The zero-order valence-electron chi connectivity index (χ0n) is 11.2. The van der Waals surface area contributed by atoms with Crippen LogP contribution in [-0.2, 0) is 6.54 Å². The number of ether oxygens (including phenoxy) is 1. The van der Waals surface area contributed by atoms with Crippen LogP contribution in [0, 0.1) is 0 Å². The summed E-state index contributed by atoms with van der Waals surface area (Å²) in [4.78, 5) is 4.26. The molecule has 1 aromatic heterocycles. The first-order chi connectivity index (χ1) is 9.70. The second kappa shape index (κ2) is 7.48. The first-order valence-electron chi connectivity index (χ1n) is 6.48. The Labute approximate surface area is 128 Å². The SMILES string of the molecule is CCCNCc1ccc(Oc2cccc(Cl)c2Cl)nc1. The Morgan fingerprint density at radius 1 is 1.20 bits per heavy atom. The van der Waals surface area contributed by atoms with Gasteiger partial charge in [-0.05, 0) is 30.7 Å². The molecule has 2 rings (SSSR count). The number of pyridine rings is 1. The maximum Gasteiger partial charge on any atom is 0.219 e. The molecule has 0 aliphatic carbocycles. The van der Waals surface area contributed by atoms with E-state index < -0.39 is 0 Å². The number of rotatable bonds is 6. The zero-order chi connectivity index (χ0) is 14.4. The van der Waals surface area contributed by atoms with Gasteiger partial charge in [-0.1, -0.05) is 42.3 Å². The van der Waals surface area contributed by atoms with Crippen LogP contribution in [-0.4, -0.2) is 11.5 Å². The predicted octanol–water partition coefficient (Wildman–Crippen LogP) is 4.68. The van der Waals surface area contributed by atoms with Gasteiger partial charge in [-0.2, -0.15) is 0 Å². The largest absolute Gasteiger partial charge is 0.437 e. The van der Waals surface area contributed by atoms with Crippen molar-refractivity contribution in [2.45, 2.75) is 19.9 Å². The number of hydrogen-bond acceptors (Lipinski definition) is 3. The molecule has 0 atom stereocenters. The molecule has 1 N–H and O–H groups in total. The standard InChI is InChI=1S/C15H16Cl2N2O/c1-2-8-18-9-11-6-7-14(19-10-11)20-13-5-3-4-12(16)15(13)17/h3-7,10,18H,2,8-9H2,1H3. The smallest absolute Gasteiger partial charge is 0.219 e. The van der Waals surface area contributed by atoms with Crippen molar-refractivity contribution in [2.24, 2.45) is 0 Å². The third-order valence-electron chi connectivity index (χ3n) is 2.68. The number of halogens is 2. The Morgan fingerprint density at radius 2 is 2.05 bits per heavy atom. The first kappa shape index (κ1) is 15.1. The van der Waals surface area contributed by atoms with E-state index in [2.05, 4.69) is 17.2 Å². The van der Waals surface area contributed by atoms with Gasteiger partial charge in [-0.15, -0.1) is 0 Å². The molecular weight excluding hydrogens is 295 g/mol. The lowest BCUT2D eigenvalue weighted by molar-refractivity contribution is 0.462. The van der Waals surface area contributed by atoms with E-state index >= 15 is 0 Å². The summed E-state index contributed by atoms with van der Waals surface area (Å²) in [5, 5.41) is 4.17. The molecule has 20 heavy (non-hydrogen) atoms. The van der Waals surface area contributed by atoms with E-state index in [1.54, 1.807) is 24.4 Å². The minimum atomic E-state index is 0.393. The van der Waals surface area contributed by atoms with Crippen molar-refractivity contribution < 1.29 is 4.74 Å². The molecular formula is C15H16Cl2N2O. The Balaban J connectivity index is 2.01. The fourth-order valence-electron chi connectivity index (χ4n) is 1.66. The lowest BCUT2D eigenvalue weighted by Crippen LogP contribution is -2.13. The van der Waals surface area contributed by atoms with Crippen LogP contribution in [0.15, 0.2) is 36.5 Å². The molecule has 2 aromatic rings. The summed E-state index contributed by atoms with van der Waals surface area (Å²) >= 11 is 12.0. The third-order valence-corrected chi connectivity index (χ3v) is 3.49. The Kier molecular flexibility index (Phi) is 5.65. The van der Waals surface area contributed by atoms with Crippen LogP contribution in [0.25, 0.3) is 0 Å². The van der Waals surface area contributed by atoms with Gasteiger partial charge in [0.05, 0.1) is 5.02 Å². The van der Waals surface area contributed by atoms with E-state index in [1.807, 2.05) is 12.1 Å². The second-order valence-corrected chi connectivity index (χ2v) is 5.12. The van der Waals surface area contributed by atoms with Gasteiger partial charge in [0, 0.05) is 18.8 Å². The van der Waals surface area contributed by atoms with Crippen LogP contribution in [0.2, 0.25) is 10.0 Å². The lowest BCUT2D eigenvalue weighted by Gasteiger charge is -2.08. The molecule has 0 bridgehead atoms. The summed E-state index contributed by atoms with van der Waals surface area (Å²) in [5.41, 5.74) is 1.11. The maximum atomic E-state index is 6.06. The fraction of sp³-hybridized carbons (Fsp3) is 0.267. The minimum absolute atomic E-state index is 0.393. The summed E-state index contributed by atoms with van der Waals surface area (Å²) in [5.74, 6) is 0.997. The van der Waals surface area contributed by atoms with Gasteiger partial charge in [0.2, 0.25) is 5.88 Å². The second-order valence-electron chi connectivity index (χ2n) is 4.34. The average molecular weight is 311 g/mol. The number of aromatic nitrogens is 1. The molecule has 0 spiro atoms. The monoisotopic (exact) mass is 310 g/mol. The first-order valence-corrected chi connectivity index (χ1v) is 7.24. The molecule has 0 amide bonds. The van der Waals surface area contributed by atoms with Crippen molar-refractivity contribution in [1.29, 1.82) is 0 Å². The molecule has 5 heteroatoms. The van der Waals surface area contributed by atoms with E-state index in [0.29, 0.717) is 21.7 Å².